The minimum atomic E-state index is -1.31. The van der Waals surface area contributed by atoms with E-state index in [1.165, 1.54) is 6.08 Å². The fraction of sp³-hybridized carbons (Fsp3) is 0.267. The smallest absolute Gasteiger partial charge is 0.326 e. The second-order valence-corrected chi connectivity index (χ2v) is 4.43. The van der Waals surface area contributed by atoms with Gasteiger partial charge >= 0.3 is 11.9 Å². The third kappa shape index (κ3) is 5.90. The number of nitrogens with one attached hydrogen (secondary N) is 1. The molecule has 0 aliphatic rings. The van der Waals surface area contributed by atoms with Crippen LogP contribution in [0.5, 0.6) is 0 Å². The molecule has 0 aliphatic heterocycles. The molecule has 0 radical (unpaired) electrons. The molecular formula is C15H17NO5. The Bertz CT molecular complexity index is 565. The second kappa shape index (κ2) is 7.84. The first-order valence-corrected chi connectivity index (χ1v) is 6.27. The lowest BCUT2D eigenvalue weighted by molar-refractivity contribution is -0.148. The van der Waals surface area contributed by atoms with E-state index in [2.05, 4.69) is 10.1 Å². The molecule has 2 N–H and O–H groups in total. The molecular weight excluding hydrogens is 274 g/mol. The van der Waals surface area contributed by atoms with Crippen molar-refractivity contribution in [2.45, 2.75) is 19.4 Å². The summed E-state index contributed by atoms with van der Waals surface area (Å²) in [5.41, 5.74) is 1.87. The van der Waals surface area contributed by atoms with Gasteiger partial charge in [-0.2, -0.15) is 0 Å². The molecule has 6 nitrogen and oxygen atoms in total. The highest BCUT2D eigenvalue weighted by molar-refractivity contribution is 5.95. The van der Waals surface area contributed by atoms with Crippen LogP contribution in [0.2, 0.25) is 0 Å². The predicted octanol–water partition coefficient (Wildman–Crippen LogP) is 1.14. The van der Waals surface area contributed by atoms with E-state index in [0.717, 1.165) is 18.2 Å². The zero-order valence-corrected chi connectivity index (χ0v) is 11.8. The van der Waals surface area contributed by atoms with Crippen molar-refractivity contribution in [2.24, 2.45) is 0 Å². The van der Waals surface area contributed by atoms with Crippen molar-refractivity contribution in [3.05, 3.63) is 41.5 Å². The fourth-order valence-electron chi connectivity index (χ4n) is 1.62. The van der Waals surface area contributed by atoms with Gasteiger partial charge in [0.05, 0.1) is 13.5 Å². The number of amides is 1. The number of ether oxygens (including phenoxy) is 1. The van der Waals surface area contributed by atoms with Gasteiger partial charge in [-0.1, -0.05) is 29.8 Å². The molecule has 0 saturated heterocycles. The fourth-order valence-corrected chi connectivity index (χ4v) is 1.62. The van der Waals surface area contributed by atoms with Gasteiger partial charge in [0.2, 0.25) is 5.91 Å². The van der Waals surface area contributed by atoms with Gasteiger partial charge in [-0.3, -0.25) is 9.59 Å². The maximum absolute atomic E-state index is 11.7. The van der Waals surface area contributed by atoms with Crippen LogP contribution in [0.15, 0.2) is 30.3 Å². The third-order valence-electron chi connectivity index (χ3n) is 2.68. The summed E-state index contributed by atoms with van der Waals surface area (Å²) in [6.45, 7) is 1.92. The number of esters is 1. The third-order valence-corrected chi connectivity index (χ3v) is 2.68. The molecule has 21 heavy (non-hydrogen) atoms. The minimum absolute atomic E-state index is 0.421. The zero-order valence-electron chi connectivity index (χ0n) is 11.8. The van der Waals surface area contributed by atoms with E-state index in [-0.39, 0.29) is 0 Å². The molecule has 112 valence electrons. The number of benzene rings is 1. The van der Waals surface area contributed by atoms with Crippen LogP contribution in [0.1, 0.15) is 17.5 Å². The van der Waals surface area contributed by atoms with Crippen molar-refractivity contribution >= 4 is 23.9 Å². The number of aryl methyl sites for hydroxylation is 1. The zero-order chi connectivity index (χ0) is 15.8. The van der Waals surface area contributed by atoms with E-state index in [0.29, 0.717) is 0 Å². The highest BCUT2D eigenvalue weighted by atomic mass is 16.5. The average Bonchev–Trinajstić information content (AvgIpc) is 2.44. The summed E-state index contributed by atoms with van der Waals surface area (Å²) in [6, 6.07) is 6.16. The van der Waals surface area contributed by atoms with Crippen molar-refractivity contribution in [3.63, 3.8) is 0 Å². The first-order chi connectivity index (χ1) is 9.92. The van der Waals surface area contributed by atoms with E-state index in [9.17, 15) is 14.4 Å². The van der Waals surface area contributed by atoms with Crippen molar-refractivity contribution < 1.29 is 24.2 Å². The Balaban J connectivity index is 2.65. The first-order valence-electron chi connectivity index (χ1n) is 6.27. The number of carboxylic acid groups (broad SMARTS) is 1. The van der Waals surface area contributed by atoms with E-state index in [1.54, 1.807) is 6.08 Å². The Kier molecular flexibility index (Phi) is 6.13. The van der Waals surface area contributed by atoms with Crippen LogP contribution in [-0.4, -0.2) is 36.1 Å². The van der Waals surface area contributed by atoms with E-state index >= 15 is 0 Å². The van der Waals surface area contributed by atoms with Crippen LogP contribution >= 0.6 is 0 Å². The minimum Gasteiger partial charge on any atom is -0.480 e. The van der Waals surface area contributed by atoms with Gasteiger partial charge in [0.1, 0.15) is 6.04 Å². The second-order valence-electron chi connectivity index (χ2n) is 4.43. The molecule has 0 spiro atoms. The summed E-state index contributed by atoms with van der Waals surface area (Å²) in [4.78, 5) is 33.7. The van der Waals surface area contributed by atoms with Gasteiger partial charge in [0, 0.05) is 6.08 Å². The molecule has 1 aromatic rings. The summed E-state index contributed by atoms with van der Waals surface area (Å²) in [6.07, 6.45) is 2.37. The van der Waals surface area contributed by atoms with Gasteiger partial charge < -0.3 is 15.2 Å². The molecule has 0 fully saturated rings. The van der Waals surface area contributed by atoms with Crippen LogP contribution in [0, 0.1) is 6.92 Å². The number of carboxylic acids is 1. The SMILES string of the molecule is COC(=O)C[C@H](NC(=O)C=Cc1cccc(C)c1)C(=O)O. The van der Waals surface area contributed by atoms with Gasteiger partial charge in [-0.25, -0.2) is 4.79 Å². The molecule has 1 aromatic carbocycles. The lowest BCUT2D eigenvalue weighted by atomic mass is 10.1. The highest BCUT2D eigenvalue weighted by Crippen LogP contribution is 2.05. The molecule has 1 amide bonds. The van der Waals surface area contributed by atoms with Crippen molar-refractivity contribution in [3.8, 4) is 0 Å². The highest BCUT2D eigenvalue weighted by Gasteiger charge is 2.22. The molecule has 0 unspecified atom stereocenters. The molecule has 0 aromatic heterocycles. The first kappa shape index (κ1) is 16.4. The molecule has 1 atom stereocenters. The summed E-state index contributed by atoms with van der Waals surface area (Å²) in [7, 11) is 1.15. The Hall–Kier alpha value is -2.63. The Morgan fingerprint density at radius 3 is 2.67 bits per heavy atom. The number of hydrogen-bond donors (Lipinski definition) is 2. The quantitative estimate of drug-likeness (QED) is 0.605. The topological polar surface area (TPSA) is 92.7 Å². The number of carbonyl (C=O) groups is 3. The number of hydrogen-bond acceptors (Lipinski definition) is 4. The van der Waals surface area contributed by atoms with Gasteiger partial charge in [0.15, 0.2) is 0 Å². The predicted molar refractivity (Wildman–Crippen MR) is 76.4 cm³/mol. The van der Waals surface area contributed by atoms with Crippen LogP contribution in [0.25, 0.3) is 6.08 Å². The Labute approximate surface area is 122 Å². The van der Waals surface area contributed by atoms with Crippen molar-refractivity contribution in [1.82, 2.24) is 5.32 Å². The summed E-state index contributed by atoms with van der Waals surface area (Å²) in [5.74, 6) is -2.59. The lowest BCUT2D eigenvalue weighted by Gasteiger charge is -2.11. The average molecular weight is 291 g/mol. The summed E-state index contributed by atoms with van der Waals surface area (Å²) < 4.78 is 4.38. The van der Waals surface area contributed by atoms with Crippen molar-refractivity contribution in [2.75, 3.05) is 7.11 Å². The number of methoxy groups -OCH3 is 1. The van der Waals surface area contributed by atoms with Crippen LogP contribution in [-0.2, 0) is 19.1 Å². The van der Waals surface area contributed by atoms with E-state index in [1.807, 2.05) is 31.2 Å². The maximum Gasteiger partial charge on any atom is 0.326 e. The molecule has 1 rings (SSSR count). The molecule has 0 bridgehead atoms. The Morgan fingerprint density at radius 1 is 1.38 bits per heavy atom. The summed E-state index contributed by atoms with van der Waals surface area (Å²) >= 11 is 0. The maximum atomic E-state index is 11.7. The largest absolute Gasteiger partial charge is 0.480 e. The molecule has 0 heterocycles. The number of rotatable bonds is 6. The molecule has 6 heteroatoms. The number of carbonyl (C=O) groups excluding carboxylic acids is 2. The van der Waals surface area contributed by atoms with Crippen LogP contribution < -0.4 is 5.32 Å². The lowest BCUT2D eigenvalue weighted by Crippen LogP contribution is -2.41. The van der Waals surface area contributed by atoms with Gasteiger partial charge in [0.25, 0.3) is 0 Å². The summed E-state index contributed by atoms with van der Waals surface area (Å²) in [5, 5.41) is 11.2. The van der Waals surface area contributed by atoms with Crippen LogP contribution in [0.3, 0.4) is 0 Å². The molecule has 0 saturated carbocycles. The standard InChI is InChI=1S/C15H17NO5/c1-10-4-3-5-11(8-10)6-7-13(17)16-12(15(19)20)9-14(18)21-2/h3-8,12H,9H2,1-2H3,(H,16,17)(H,19,20)/t12-/m0/s1. The van der Waals surface area contributed by atoms with Gasteiger partial charge in [-0.05, 0) is 18.6 Å². The van der Waals surface area contributed by atoms with E-state index in [4.69, 9.17) is 5.11 Å². The molecule has 0 aliphatic carbocycles. The van der Waals surface area contributed by atoms with E-state index < -0.39 is 30.3 Å². The van der Waals surface area contributed by atoms with Crippen LogP contribution in [0.4, 0.5) is 0 Å². The number of aliphatic carboxylic acids is 1. The van der Waals surface area contributed by atoms with Crippen molar-refractivity contribution in [1.29, 1.82) is 0 Å². The normalized spacial score (nSPS) is 11.9. The van der Waals surface area contributed by atoms with Gasteiger partial charge in [-0.15, -0.1) is 0 Å². The monoisotopic (exact) mass is 291 g/mol. The Morgan fingerprint density at radius 2 is 2.10 bits per heavy atom.